The van der Waals surface area contributed by atoms with Crippen molar-refractivity contribution in [2.24, 2.45) is 0 Å². The molecule has 2 N–H and O–H groups in total. The van der Waals surface area contributed by atoms with Gasteiger partial charge in [-0.3, -0.25) is 9.59 Å². The van der Waals surface area contributed by atoms with E-state index in [0.29, 0.717) is 11.3 Å². The summed E-state index contributed by atoms with van der Waals surface area (Å²) in [6.45, 7) is 0. The second kappa shape index (κ2) is 9.63. The molecule has 0 bridgehead atoms. The summed E-state index contributed by atoms with van der Waals surface area (Å²) in [6.07, 6.45) is 0. The molecule has 2 amide bonds. The third-order valence-electron chi connectivity index (χ3n) is 4.36. The number of fused-ring (bicyclic) bond motifs is 1. The number of thiazole rings is 1. The molecule has 0 atom stereocenters. The van der Waals surface area contributed by atoms with Crippen LogP contribution in [0.4, 0.5) is 11.4 Å². The molecule has 4 rings (SSSR count). The van der Waals surface area contributed by atoms with Crippen molar-refractivity contribution in [1.29, 1.82) is 0 Å². The summed E-state index contributed by atoms with van der Waals surface area (Å²) in [4.78, 5) is 29.1. The van der Waals surface area contributed by atoms with Crippen LogP contribution in [0.3, 0.4) is 0 Å². The van der Waals surface area contributed by atoms with Gasteiger partial charge in [0.25, 0.3) is 5.91 Å². The fourth-order valence-electron chi connectivity index (χ4n) is 2.83. The van der Waals surface area contributed by atoms with Gasteiger partial charge >= 0.3 is 0 Å². The molecule has 4 aromatic rings. The van der Waals surface area contributed by atoms with Crippen LogP contribution in [0.1, 0.15) is 10.4 Å². The zero-order chi connectivity index (χ0) is 21.6. The SMILES string of the molecule is COc1ccc(NC(=O)CSc2nc3ccc(NC(=O)c4ccccc4)cc3s2)cc1. The van der Waals surface area contributed by atoms with Crippen molar-refractivity contribution in [2.45, 2.75) is 4.34 Å². The molecule has 31 heavy (non-hydrogen) atoms. The van der Waals surface area contributed by atoms with Gasteiger partial charge in [-0.25, -0.2) is 4.98 Å². The molecular formula is C23H19N3O3S2. The van der Waals surface area contributed by atoms with Gasteiger partial charge in [-0.15, -0.1) is 11.3 Å². The predicted molar refractivity (Wildman–Crippen MR) is 126 cm³/mol. The first kappa shape index (κ1) is 20.9. The highest BCUT2D eigenvalue weighted by molar-refractivity contribution is 8.01. The van der Waals surface area contributed by atoms with Crippen LogP contribution in [0.15, 0.2) is 77.1 Å². The third-order valence-corrected chi connectivity index (χ3v) is 6.52. The number of rotatable bonds is 7. The average molecular weight is 450 g/mol. The fourth-order valence-corrected chi connectivity index (χ4v) is 4.74. The standard InChI is InChI=1S/C23H19N3O3S2/c1-29-18-10-7-16(8-11-18)24-21(27)14-30-23-26-19-12-9-17(13-20(19)31-23)25-22(28)15-5-3-2-4-6-15/h2-13H,14H2,1H3,(H,24,27)(H,25,28). The molecule has 0 unspecified atom stereocenters. The Bertz CT molecular complexity index is 1210. The quantitative estimate of drug-likeness (QED) is 0.375. The number of aromatic nitrogens is 1. The summed E-state index contributed by atoms with van der Waals surface area (Å²) in [5.74, 6) is 0.726. The number of nitrogens with one attached hydrogen (secondary N) is 2. The van der Waals surface area contributed by atoms with Crippen molar-refractivity contribution in [2.75, 3.05) is 23.5 Å². The summed E-state index contributed by atoms with van der Waals surface area (Å²) in [7, 11) is 1.60. The van der Waals surface area contributed by atoms with Gasteiger partial charge in [0.15, 0.2) is 4.34 Å². The number of carbonyl (C=O) groups is 2. The first-order chi connectivity index (χ1) is 15.1. The summed E-state index contributed by atoms with van der Waals surface area (Å²) in [5.41, 5.74) is 2.86. The summed E-state index contributed by atoms with van der Waals surface area (Å²) < 4.78 is 6.86. The number of thioether (sulfide) groups is 1. The molecule has 0 saturated heterocycles. The van der Waals surface area contributed by atoms with Crippen LogP contribution >= 0.6 is 23.1 Å². The lowest BCUT2D eigenvalue weighted by atomic mass is 10.2. The second-order valence-electron chi connectivity index (χ2n) is 6.55. The highest BCUT2D eigenvalue weighted by Gasteiger charge is 2.10. The van der Waals surface area contributed by atoms with Crippen LogP contribution in [0.5, 0.6) is 5.75 Å². The minimum atomic E-state index is -0.158. The van der Waals surface area contributed by atoms with Crippen LogP contribution in [0.2, 0.25) is 0 Å². The normalized spacial score (nSPS) is 10.6. The minimum absolute atomic E-state index is 0.106. The van der Waals surface area contributed by atoms with E-state index >= 15 is 0 Å². The Balaban J connectivity index is 1.36. The molecule has 1 aromatic heterocycles. The van der Waals surface area contributed by atoms with E-state index in [2.05, 4.69) is 15.6 Å². The molecular weight excluding hydrogens is 430 g/mol. The molecule has 6 nitrogen and oxygen atoms in total. The van der Waals surface area contributed by atoms with E-state index < -0.39 is 0 Å². The molecule has 0 radical (unpaired) electrons. The van der Waals surface area contributed by atoms with Crippen LogP contribution in [-0.4, -0.2) is 29.7 Å². The van der Waals surface area contributed by atoms with Crippen molar-refractivity contribution in [3.05, 3.63) is 78.4 Å². The number of benzene rings is 3. The van der Waals surface area contributed by atoms with Gasteiger partial charge < -0.3 is 15.4 Å². The lowest BCUT2D eigenvalue weighted by Crippen LogP contribution is -2.13. The second-order valence-corrected chi connectivity index (χ2v) is 8.80. The largest absolute Gasteiger partial charge is 0.497 e. The minimum Gasteiger partial charge on any atom is -0.497 e. The van der Waals surface area contributed by atoms with E-state index in [1.165, 1.54) is 23.1 Å². The van der Waals surface area contributed by atoms with Gasteiger partial charge in [0.2, 0.25) is 5.91 Å². The Hall–Kier alpha value is -3.36. The molecule has 1 heterocycles. The lowest BCUT2D eigenvalue weighted by molar-refractivity contribution is -0.113. The van der Waals surface area contributed by atoms with Crippen molar-refractivity contribution in [1.82, 2.24) is 4.98 Å². The summed E-state index contributed by atoms with van der Waals surface area (Å²) in [5, 5.41) is 5.76. The van der Waals surface area contributed by atoms with Crippen LogP contribution < -0.4 is 15.4 Å². The van der Waals surface area contributed by atoms with Crippen molar-refractivity contribution in [3.8, 4) is 5.75 Å². The van der Waals surface area contributed by atoms with Crippen molar-refractivity contribution < 1.29 is 14.3 Å². The third kappa shape index (κ3) is 5.42. The van der Waals surface area contributed by atoms with Crippen molar-refractivity contribution >= 4 is 56.5 Å². The fraction of sp³-hybridized carbons (Fsp3) is 0.0870. The smallest absolute Gasteiger partial charge is 0.255 e. The van der Waals surface area contributed by atoms with E-state index in [9.17, 15) is 9.59 Å². The zero-order valence-corrected chi connectivity index (χ0v) is 18.3. The maximum atomic E-state index is 12.3. The number of hydrogen-bond donors (Lipinski definition) is 2. The van der Waals surface area contributed by atoms with E-state index in [0.717, 1.165) is 26.0 Å². The Morgan fingerprint density at radius 1 is 0.968 bits per heavy atom. The Labute approximate surface area is 187 Å². The number of amides is 2. The van der Waals surface area contributed by atoms with Gasteiger partial charge in [0, 0.05) is 16.9 Å². The zero-order valence-electron chi connectivity index (χ0n) is 16.6. The van der Waals surface area contributed by atoms with E-state index in [1.807, 2.05) is 36.4 Å². The van der Waals surface area contributed by atoms with Crippen molar-refractivity contribution in [3.63, 3.8) is 0 Å². The molecule has 0 saturated carbocycles. The first-order valence-electron chi connectivity index (χ1n) is 9.44. The van der Waals surface area contributed by atoms with Gasteiger partial charge in [0.1, 0.15) is 5.75 Å². The van der Waals surface area contributed by atoms with E-state index in [1.54, 1.807) is 43.5 Å². The summed E-state index contributed by atoms with van der Waals surface area (Å²) >= 11 is 2.87. The molecule has 8 heteroatoms. The number of nitrogens with zero attached hydrogens (tertiary/aromatic N) is 1. The number of ether oxygens (including phenoxy) is 1. The molecule has 156 valence electrons. The van der Waals surface area contributed by atoms with Crippen LogP contribution in [0.25, 0.3) is 10.2 Å². The monoisotopic (exact) mass is 449 g/mol. The molecule has 0 aliphatic rings. The number of anilines is 2. The number of carbonyl (C=O) groups excluding carboxylic acids is 2. The van der Waals surface area contributed by atoms with E-state index in [-0.39, 0.29) is 17.6 Å². The molecule has 0 aliphatic heterocycles. The van der Waals surface area contributed by atoms with E-state index in [4.69, 9.17) is 4.74 Å². The highest BCUT2D eigenvalue weighted by atomic mass is 32.2. The Morgan fingerprint density at radius 3 is 2.45 bits per heavy atom. The number of methoxy groups -OCH3 is 1. The van der Waals surface area contributed by atoms with Gasteiger partial charge in [-0.2, -0.15) is 0 Å². The molecule has 0 aliphatic carbocycles. The molecule has 3 aromatic carbocycles. The molecule has 0 fully saturated rings. The Morgan fingerprint density at radius 2 is 1.71 bits per heavy atom. The Kier molecular flexibility index (Phi) is 6.49. The number of hydrogen-bond acceptors (Lipinski definition) is 6. The van der Waals surface area contributed by atoms with Gasteiger partial charge in [-0.05, 0) is 54.6 Å². The first-order valence-corrected chi connectivity index (χ1v) is 11.2. The summed E-state index contributed by atoms with van der Waals surface area (Å²) in [6, 6.07) is 21.8. The average Bonchev–Trinajstić information content (AvgIpc) is 3.21. The molecule has 0 spiro atoms. The van der Waals surface area contributed by atoms with Crippen LogP contribution in [-0.2, 0) is 4.79 Å². The maximum Gasteiger partial charge on any atom is 0.255 e. The maximum absolute atomic E-state index is 12.3. The highest BCUT2D eigenvalue weighted by Crippen LogP contribution is 2.31. The topological polar surface area (TPSA) is 80.3 Å². The predicted octanol–water partition coefficient (Wildman–Crippen LogP) is 5.29. The van der Waals surface area contributed by atoms with Crippen LogP contribution in [0, 0.1) is 0 Å². The van der Waals surface area contributed by atoms with Gasteiger partial charge in [0.05, 0.1) is 23.1 Å². The lowest BCUT2D eigenvalue weighted by Gasteiger charge is -2.05. The van der Waals surface area contributed by atoms with Gasteiger partial charge in [-0.1, -0.05) is 30.0 Å².